The van der Waals surface area contributed by atoms with Crippen molar-refractivity contribution in [2.24, 2.45) is 0 Å². The number of methoxy groups -OCH3 is 6. The van der Waals surface area contributed by atoms with Gasteiger partial charge in [0, 0.05) is 78.1 Å². The molecule has 3 aliphatic rings. The van der Waals surface area contributed by atoms with Crippen molar-refractivity contribution in [1.82, 2.24) is 9.88 Å². The van der Waals surface area contributed by atoms with Crippen LogP contribution in [0.2, 0.25) is 0 Å². The number of likely N-dealkylation sites (tertiary alicyclic amines) is 1. The van der Waals surface area contributed by atoms with Crippen LogP contribution in [0.4, 0.5) is 5.69 Å². The van der Waals surface area contributed by atoms with Gasteiger partial charge in [0.25, 0.3) is 0 Å². The van der Waals surface area contributed by atoms with Gasteiger partial charge in [-0.05, 0) is 102 Å². The summed E-state index contributed by atoms with van der Waals surface area (Å²) in [7, 11) is 10.1. The van der Waals surface area contributed by atoms with E-state index in [1.165, 1.54) is 40.8 Å². The lowest BCUT2D eigenvalue weighted by Gasteiger charge is -2.40. The number of anilines is 1. The van der Waals surface area contributed by atoms with E-state index in [2.05, 4.69) is 95.6 Å². The fourth-order valence-electron chi connectivity index (χ4n) is 8.15. The lowest BCUT2D eigenvalue weighted by Crippen LogP contribution is -2.44. The molecule has 0 radical (unpaired) electrons. The topological polar surface area (TPSA) is 74.8 Å². The van der Waals surface area contributed by atoms with Crippen LogP contribution in [0.25, 0.3) is 11.1 Å². The molecule has 3 aromatic rings. The highest BCUT2D eigenvalue weighted by molar-refractivity contribution is 5.79. The summed E-state index contributed by atoms with van der Waals surface area (Å²) in [6.07, 6.45) is 14.8. The SMILES string of the molecule is CCCCc1ccc(N(Cc2ccccc2C2=CC(OC)C(OC)C(OC)=C2)C2CCN(Cc3ccnc(C4=CC(OC)C(OC)C(OC)=C4)c3)CC2)cc1. The van der Waals surface area contributed by atoms with Gasteiger partial charge in [0.05, 0.1) is 19.9 Å². The fraction of sp³-hybridized carbons (Fsp3) is 0.457. The first-order valence-corrected chi connectivity index (χ1v) is 19.6. The Balaban J connectivity index is 1.21. The number of unbranched alkanes of at least 4 members (excludes halogenated alkanes) is 1. The summed E-state index contributed by atoms with van der Waals surface area (Å²) in [5.74, 6) is 1.50. The van der Waals surface area contributed by atoms with E-state index in [4.69, 9.17) is 33.4 Å². The number of rotatable bonds is 17. The summed E-state index contributed by atoms with van der Waals surface area (Å²) < 4.78 is 34.5. The standard InChI is InChI=1S/C46H59N3O6/c1-8-9-12-32-15-17-37(18-16-32)49(31-34-13-10-11-14-39(34)35-26-41(50-2)45(54-6)42(27-35)51-3)38-20-23-48(24-21-38)30-33-19-22-47-40(25-33)36-28-43(52-4)46(55-7)44(29-36)53-5/h10-11,13-19,22,25-29,38,41,43,45-46H,8-9,12,20-21,23-24,30-31H2,1-7H3. The van der Waals surface area contributed by atoms with Crippen molar-refractivity contribution in [2.75, 3.05) is 60.6 Å². The highest BCUT2D eigenvalue weighted by Gasteiger charge is 2.32. The molecule has 0 bridgehead atoms. The van der Waals surface area contributed by atoms with Crippen LogP contribution in [0.15, 0.2) is 103 Å². The van der Waals surface area contributed by atoms with Gasteiger partial charge in [-0.1, -0.05) is 49.7 Å². The summed E-state index contributed by atoms with van der Waals surface area (Å²) in [6.45, 7) is 5.92. The fourth-order valence-corrected chi connectivity index (χ4v) is 8.15. The Kier molecular flexibility index (Phi) is 14.4. The molecule has 0 saturated carbocycles. The maximum atomic E-state index is 5.86. The minimum absolute atomic E-state index is 0.246. The Labute approximate surface area is 328 Å². The summed E-state index contributed by atoms with van der Waals surface area (Å²) >= 11 is 0. The number of aromatic nitrogens is 1. The minimum Gasteiger partial charge on any atom is -0.498 e. The number of aryl methyl sites for hydroxylation is 1. The lowest BCUT2D eigenvalue weighted by molar-refractivity contribution is -0.0178. The van der Waals surface area contributed by atoms with Gasteiger partial charge in [-0.3, -0.25) is 9.88 Å². The number of ether oxygens (including phenoxy) is 6. The predicted molar refractivity (Wildman–Crippen MR) is 220 cm³/mol. The van der Waals surface area contributed by atoms with Gasteiger partial charge in [-0.25, -0.2) is 0 Å². The molecular formula is C46H59N3O6. The summed E-state index contributed by atoms with van der Waals surface area (Å²) in [4.78, 5) is 9.93. The van der Waals surface area contributed by atoms with Crippen molar-refractivity contribution in [1.29, 1.82) is 0 Å². The zero-order valence-electron chi connectivity index (χ0n) is 33.7. The third-order valence-corrected chi connectivity index (χ3v) is 11.2. The first-order valence-electron chi connectivity index (χ1n) is 19.6. The zero-order chi connectivity index (χ0) is 38.7. The zero-order valence-corrected chi connectivity index (χ0v) is 33.7. The van der Waals surface area contributed by atoms with Gasteiger partial charge in [0.2, 0.25) is 0 Å². The van der Waals surface area contributed by atoms with Gasteiger partial charge < -0.3 is 33.3 Å². The van der Waals surface area contributed by atoms with Crippen LogP contribution in [0.3, 0.4) is 0 Å². The van der Waals surface area contributed by atoms with Crippen LogP contribution in [-0.2, 0) is 47.9 Å². The molecule has 2 heterocycles. The van der Waals surface area contributed by atoms with E-state index >= 15 is 0 Å². The van der Waals surface area contributed by atoms with Gasteiger partial charge in [0.1, 0.15) is 35.9 Å². The molecule has 6 rings (SSSR count). The minimum atomic E-state index is -0.286. The first-order chi connectivity index (χ1) is 26.9. The average molecular weight is 750 g/mol. The quantitative estimate of drug-likeness (QED) is 0.137. The normalized spacial score (nSPS) is 22.0. The number of nitrogens with zero attached hydrogens (tertiary/aromatic N) is 3. The summed E-state index contributed by atoms with van der Waals surface area (Å²) in [5, 5.41) is 0. The summed E-state index contributed by atoms with van der Waals surface area (Å²) in [6, 6.07) is 22.7. The molecule has 9 nitrogen and oxygen atoms in total. The Morgan fingerprint density at radius 2 is 1.36 bits per heavy atom. The van der Waals surface area contributed by atoms with Crippen molar-refractivity contribution in [2.45, 2.75) is 82.6 Å². The molecule has 1 fully saturated rings. The predicted octanol–water partition coefficient (Wildman–Crippen LogP) is 8.01. The highest BCUT2D eigenvalue weighted by atomic mass is 16.6. The second kappa shape index (κ2) is 19.6. The van der Waals surface area contributed by atoms with Gasteiger partial charge in [0.15, 0.2) is 0 Å². The van der Waals surface area contributed by atoms with Gasteiger partial charge in [-0.15, -0.1) is 0 Å². The molecule has 0 spiro atoms. The molecule has 1 aromatic heterocycles. The second-order valence-corrected chi connectivity index (χ2v) is 14.6. The van der Waals surface area contributed by atoms with Crippen molar-refractivity contribution in [3.63, 3.8) is 0 Å². The second-order valence-electron chi connectivity index (χ2n) is 14.6. The van der Waals surface area contributed by atoms with E-state index in [0.29, 0.717) is 6.04 Å². The van der Waals surface area contributed by atoms with Crippen LogP contribution in [0.1, 0.15) is 60.6 Å². The van der Waals surface area contributed by atoms with Crippen molar-refractivity contribution >= 4 is 16.8 Å². The van der Waals surface area contributed by atoms with Crippen molar-refractivity contribution in [3.8, 4) is 0 Å². The smallest absolute Gasteiger partial charge is 0.144 e. The molecule has 55 heavy (non-hydrogen) atoms. The van der Waals surface area contributed by atoms with E-state index < -0.39 is 0 Å². The molecule has 2 aliphatic carbocycles. The Morgan fingerprint density at radius 3 is 1.98 bits per heavy atom. The molecule has 1 aliphatic heterocycles. The van der Waals surface area contributed by atoms with E-state index in [-0.39, 0.29) is 24.4 Å². The van der Waals surface area contributed by atoms with Crippen LogP contribution in [0.5, 0.6) is 0 Å². The number of pyridine rings is 1. The molecule has 0 N–H and O–H groups in total. The maximum absolute atomic E-state index is 5.86. The maximum Gasteiger partial charge on any atom is 0.144 e. The third-order valence-electron chi connectivity index (χ3n) is 11.2. The van der Waals surface area contributed by atoms with E-state index in [0.717, 1.165) is 73.8 Å². The van der Waals surface area contributed by atoms with Gasteiger partial charge >= 0.3 is 0 Å². The number of benzene rings is 2. The lowest BCUT2D eigenvalue weighted by atomic mass is 9.91. The Hall–Kier alpha value is -4.25. The van der Waals surface area contributed by atoms with Gasteiger partial charge in [-0.2, -0.15) is 0 Å². The molecule has 4 atom stereocenters. The van der Waals surface area contributed by atoms with Crippen LogP contribution < -0.4 is 4.90 Å². The van der Waals surface area contributed by atoms with E-state index in [1.54, 1.807) is 42.7 Å². The van der Waals surface area contributed by atoms with Crippen molar-refractivity contribution < 1.29 is 28.4 Å². The van der Waals surface area contributed by atoms with Crippen LogP contribution >= 0.6 is 0 Å². The monoisotopic (exact) mass is 749 g/mol. The van der Waals surface area contributed by atoms with E-state index in [9.17, 15) is 0 Å². The van der Waals surface area contributed by atoms with Crippen LogP contribution in [-0.4, -0.2) is 96.1 Å². The molecule has 1 saturated heterocycles. The largest absolute Gasteiger partial charge is 0.498 e. The molecule has 9 heteroatoms. The average Bonchev–Trinajstić information content (AvgIpc) is 3.24. The Bertz CT molecular complexity index is 1830. The number of allylic oxidation sites excluding steroid dienone is 4. The van der Waals surface area contributed by atoms with E-state index in [1.807, 2.05) is 12.3 Å². The van der Waals surface area contributed by atoms with Crippen LogP contribution in [0, 0.1) is 0 Å². The number of hydrogen-bond acceptors (Lipinski definition) is 9. The molecule has 2 aromatic carbocycles. The highest BCUT2D eigenvalue weighted by Crippen LogP contribution is 2.34. The third kappa shape index (κ3) is 9.59. The Morgan fingerprint density at radius 1 is 0.727 bits per heavy atom. The van der Waals surface area contributed by atoms with Crippen molar-refractivity contribution in [3.05, 3.63) is 131 Å². The molecule has 4 unspecified atom stereocenters. The first kappa shape index (κ1) is 40.4. The number of piperidine rings is 1. The summed E-state index contributed by atoms with van der Waals surface area (Å²) in [5.41, 5.74) is 9.31. The number of hydrogen-bond donors (Lipinski definition) is 0. The molecule has 0 amide bonds. The molecular weight excluding hydrogens is 691 g/mol. The molecule has 294 valence electrons.